The van der Waals surface area contributed by atoms with Gasteiger partial charge in [0.05, 0.1) is 6.61 Å². The molecule has 1 N–H and O–H groups in total. The number of amides is 3. The zero-order chi connectivity index (χ0) is 22.3. The van der Waals surface area contributed by atoms with Crippen LogP contribution in [0.4, 0.5) is 0 Å². The van der Waals surface area contributed by atoms with E-state index in [0.717, 1.165) is 50.9 Å². The predicted molar refractivity (Wildman–Crippen MR) is 114 cm³/mol. The fourth-order valence-electron chi connectivity index (χ4n) is 3.21. The molecule has 1 heterocycles. The molecule has 0 saturated carbocycles. The summed E-state index contributed by atoms with van der Waals surface area (Å²) in [6.45, 7) is 0.390. The Kier molecular flexibility index (Phi) is 11.1. The molecule has 0 bridgehead atoms. The van der Waals surface area contributed by atoms with E-state index in [0.29, 0.717) is 11.5 Å². The number of hydrogen-bond acceptors (Lipinski definition) is 6. The average molecular weight is 433 g/mol. The molecule has 8 heteroatoms. The molecule has 8 nitrogen and oxygen atoms in total. The summed E-state index contributed by atoms with van der Waals surface area (Å²) >= 11 is 0. The van der Waals surface area contributed by atoms with Gasteiger partial charge in [0.2, 0.25) is 5.91 Å². The summed E-state index contributed by atoms with van der Waals surface area (Å²) in [5.74, 6) is -1.23. The van der Waals surface area contributed by atoms with Crippen LogP contribution in [0.25, 0.3) is 0 Å². The van der Waals surface area contributed by atoms with Gasteiger partial charge in [0.25, 0.3) is 11.8 Å². The minimum Gasteiger partial charge on any atom is -0.494 e. The van der Waals surface area contributed by atoms with Crippen LogP contribution in [0.3, 0.4) is 0 Å². The zero-order valence-electron chi connectivity index (χ0n) is 18.0. The first-order chi connectivity index (χ1) is 15.1. The van der Waals surface area contributed by atoms with E-state index in [1.54, 1.807) is 0 Å². The van der Waals surface area contributed by atoms with Crippen LogP contribution in [0.5, 0.6) is 5.75 Å². The van der Waals surface area contributed by atoms with Gasteiger partial charge >= 0.3 is 5.97 Å². The number of imide groups is 1. The summed E-state index contributed by atoms with van der Waals surface area (Å²) in [5.41, 5.74) is 0. The van der Waals surface area contributed by atoms with Gasteiger partial charge in [-0.15, -0.1) is 5.06 Å². The molecule has 1 aliphatic heterocycles. The predicted octanol–water partition coefficient (Wildman–Crippen LogP) is 3.30. The fourth-order valence-corrected chi connectivity index (χ4v) is 3.21. The van der Waals surface area contributed by atoms with Gasteiger partial charge in [-0.25, -0.2) is 4.79 Å². The molecular weight excluding hydrogens is 400 g/mol. The summed E-state index contributed by atoms with van der Waals surface area (Å²) in [4.78, 5) is 50.8. The van der Waals surface area contributed by atoms with Crippen molar-refractivity contribution < 1.29 is 28.8 Å². The van der Waals surface area contributed by atoms with Crippen molar-refractivity contribution in [2.75, 3.05) is 13.2 Å². The van der Waals surface area contributed by atoms with E-state index in [2.05, 4.69) is 10.2 Å². The zero-order valence-corrected chi connectivity index (χ0v) is 18.0. The molecule has 31 heavy (non-hydrogen) atoms. The van der Waals surface area contributed by atoms with Crippen molar-refractivity contribution in [1.29, 1.82) is 0 Å². The maximum atomic E-state index is 11.8. The molecule has 170 valence electrons. The Morgan fingerprint density at radius 3 is 2.06 bits per heavy atom. The second-order valence-electron chi connectivity index (χ2n) is 7.56. The first kappa shape index (κ1) is 24.4. The molecule has 1 fully saturated rings. The van der Waals surface area contributed by atoms with Crippen molar-refractivity contribution >= 4 is 23.7 Å². The Balaban J connectivity index is 1.36. The molecular formula is C23H32N2O6. The van der Waals surface area contributed by atoms with Crippen molar-refractivity contribution in [3.8, 4) is 5.75 Å². The largest absolute Gasteiger partial charge is 0.494 e. The summed E-state index contributed by atoms with van der Waals surface area (Å²) < 4.78 is 5.67. The lowest BCUT2D eigenvalue weighted by Gasteiger charge is -2.12. The van der Waals surface area contributed by atoms with Crippen LogP contribution in [-0.4, -0.2) is 41.9 Å². The quantitative estimate of drug-likeness (QED) is 0.337. The Hall–Kier alpha value is -2.90. The number of nitrogens with zero attached hydrogens (tertiary/aromatic N) is 1. The standard InChI is InChI=1S/C23H32N2O6/c26-20(24-18-23(29)31-25-21(27)15-16-22(25)28)14-10-5-3-1-2-4-6-11-17-30-19-12-8-7-9-13-19/h7-9,12-13H,1-6,10-11,14-18H2,(H,24,26). The van der Waals surface area contributed by atoms with E-state index in [-0.39, 0.29) is 25.3 Å². The molecule has 0 aliphatic carbocycles. The minimum absolute atomic E-state index is 0.0428. The molecule has 0 atom stereocenters. The Labute approximate surface area is 183 Å². The minimum atomic E-state index is -0.828. The Morgan fingerprint density at radius 1 is 0.839 bits per heavy atom. The Bertz CT molecular complexity index is 706. The summed E-state index contributed by atoms with van der Waals surface area (Å²) in [5, 5.41) is 2.93. The monoisotopic (exact) mass is 432 g/mol. The molecule has 2 rings (SSSR count). The van der Waals surface area contributed by atoms with E-state index in [9.17, 15) is 19.2 Å². The van der Waals surface area contributed by atoms with E-state index in [1.165, 1.54) is 12.8 Å². The molecule has 1 aromatic carbocycles. The number of para-hydroxylation sites is 1. The van der Waals surface area contributed by atoms with E-state index >= 15 is 0 Å². The van der Waals surface area contributed by atoms with Crippen LogP contribution in [0.2, 0.25) is 0 Å². The topological polar surface area (TPSA) is 102 Å². The fraction of sp³-hybridized carbons (Fsp3) is 0.565. The highest BCUT2D eigenvalue weighted by Gasteiger charge is 2.32. The van der Waals surface area contributed by atoms with E-state index in [1.807, 2.05) is 30.3 Å². The molecule has 1 aromatic rings. The summed E-state index contributed by atoms with van der Waals surface area (Å²) in [6, 6.07) is 9.83. The average Bonchev–Trinajstić information content (AvgIpc) is 3.08. The van der Waals surface area contributed by atoms with Gasteiger partial charge < -0.3 is 14.9 Å². The first-order valence-electron chi connectivity index (χ1n) is 11.1. The second kappa shape index (κ2) is 14.2. The number of unbranched alkanes of at least 4 members (excludes halogenated alkanes) is 7. The second-order valence-corrected chi connectivity index (χ2v) is 7.56. The third kappa shape index (κ3) is 10.1. The number of hydrogen-bond donors (Lipinski definition) is 1. The lowest BCUT2D eigenvalue weighted by Crippen LogP contribution is -2.37. The number of carbonyl (C=O) groups excluding carboxylic acids is 4. The van der Waals surface area contributed by atoms with Crippen LogP contribution in [0, 0.1) is 0 Å². The van der Waals surface area contributed by atoms with E-state index in [4.69, 9.17) is 4.74 Å². The van der Waals surface area contributed by atoms with Gasteiger partial charge in [-0.2, -0.15) is 0 Å². The normalized spacial score (nSPS) is 13.4. The van der Waals surface area contributed by atoms with Crippen LogP contribution in [-0.2, 0) is 24.0 Å². The van der Waals surface area contributed by atoms with Gasteiger partial charge in [0.1, 0.15) is 12.3 Å². The number of carbonyl (C=O) groups is 4. The smallest absolute Gasteiger partial charge is 0.352 e. The lowest BCUT2D eigenvalue weighted by atomic mass is 10.1. The van der Waals surface area contributed by atoms with Crippen molar-refractivity contribution in [2.24, 2.45) is 0 Å². The maximum Gasteiger partial charge on any atom is 0.352 e. The molecule has 0 spiro atoms. The molecule has 1 aliphatic rings. The van der Waals surface area contributed by atoms with Gasteiger partial charge in [0, 0.05) is 19.3 Å². The number of nitrogens with one attached hydrogen (secondary N) is 1. The maximum absolute atomic E-state index is 11.8. The molecule has 1 saturated heterocycles. The number of rotatable bonds is 15. The SMILES string of the molecule is O=C(CCCCCCCCCCOc1ccccc1)NCC(=O)ON1C(=O)CCC1=O. The lowest BCUT2D eigenvalue weighted by molar-refractivity contribution is -0.196. The van der Waals surface area contributed by atoms with Crippen molar-refractivity contribution in [3.05, 3.63) is 30.3 Å². The third-order valence-electron chi connectivity index (χ3n) is 4.94. The third-order valence-corrected chi connectivity index (χ3v) is 4.94. The number of benzene rings is 1. The first-order valence-corrected chi connectivity index (χ1v) is 11.1. The van der Waals surface area contributed by atoms with Crippen LogP contribution < -0.4 is 10.1 Å². The van der Waals surface area contributed by atoms with Gasteiger partial charge in [0.15, 0.2) is 0 Å². The number of ether oxygens (including phenoxy) is 1. The molecule has 0 unspecified atom stereocenters. The van der Waals surface area contributed by atoms with Crippen LogP contribution >= 0.6 is 0 Å². The van der Waals surface area contributed by atoms with Gasteiger partial charge in [-0.1, -0.05) is 56.7 Å². The van der Waals surface area contributed by atoms with Crippen LogP contribution in [0.15, 0.2) is 30.3 Å². The molecule has 0 aromatic heterocycles. The van der Waals surface area contributed by atoms with Crippen molar-refractivity contribution in [1.82, 2.24) is 10.4 Å². The van der Waals surface area contributed by atoms with E-state index < -0.39 is 17.8 Å². The Morgan fingerprint density at radius 2 is 1.42 bits per heavy atom. The summed E-state index contributed by atoms with van der Waals surface area (Å²) in [7, 11) is 0. The highest BCUT2D eigenvalue weighted by Crippen LogP contribution is 2.13. The molecule has 3 amide bonds. The number of hydroxylamine groups is 2. The van der Waals surface area contributed by atoms with Crippen molar-refractivity contribution in [2.45, 2.75) is 70.6 Å². The van der Waals surface area contributed by atoms with Crippen LogP contribution in [0.1, 0.15) is 70.6 Å². The highest BCUT2D eigenvalue weighted by molar-refractivity contribution is 6.01. The van der Waals surface area contributed by atoms with Gasteiger partial charge in [-0.05, 0) is 25.0 Å². The molecule has 0 radical (unpaired) electrons. The van der Waals surface area contributed by atoms with Gasteiger partial charge in [-0.3, -0.25) is 14.4 Å². The highest BCUT2D eigenvalue weighted by atomic mass is 16.7. The summed E-state index contributed by atoms with van der Waals surface area (Å²) in [6.07, 6.45) is 8.94. The van der Waals surface area contributed by atoms with Crippen molar-refractivity contribution in [3.63, 3.8) is 0 Å².